The Morgan fingerprint density at radius 3 is 0.715 bits per heavy atom. The molecule has 0 amide bonds. The fourth-order valence-corrected chi connectivity index (χ4v) is 41.3. The normalized spacial score (nSPS) is 11.9. The molecule has 0 bridgehead atoms. The molecule has 0 saturated carbocycles. The monoisotopic (exact) mass is 1990 g/mol. The minimum atomic E-state index is -1.33. The van der Waals surface area contributed by atoms with E-state index in [0.717, 1.165) is 52.1 Å². The Hall–Kier alpha value is -0.371. The van der Waals surface area contributed by atoms with Gasteiger partial charge in [0.2, 0.25) is 6.08 Å². The van der Waals surface area contributed by atoms with Crippen LogP contribution < -0.4 is 20.7 Å². The Bertz CT molecular complexity index is 2620. The van der Waals surface area contributed by atoms with Crippen LogP contribution in [0, 0.1) is 0 Å². The van der Waals surface area contributed by atoms with Crippen molar-refractivity contribution in [2.75, 3.05) is 59.4 Å². The van der Waals surface area contributed by atoms with Crippen LogP contribution in [0.4, 0.5) is 0 Å². The van der Waals surface area contributed by atoms with Gasteiger partial charge in [-0.1, -0.05) is 538 Å². The van der Waals surface area contributed by atoms with Gasteiger partial charge >= 0.3 is 0 Å². The Kier molecular flexibility index (Phi) is 103. The molecular weight excluding hydrogens is 1760 g/mol. The number of benzene rings is 2. The van der Waals surface area contributed by atoms with Crippen LogP contribution in [0.3, 0.4) is 0 Å². The SMILES string of the molecule is CCCCCCCCCCCC[Si](C)(C)c1ccc([SiH](C)C)cc1.CCN=C=O.CCOOCCCCCCCCCCC[Si](C)(C)CCCCCCCC[SiH](C)C.CCOOCCCCCCCCCCC[Si](C)(C)CC[SiH](C)C.CCOOCCCCCCCCCCC[Si](C)(C)O[SiH](C)C.CCOOCCCCCCCCCCC[Si](C)(C)c1ccc([SiH](C)C)cc1. The molecule has 0 radical (unpaired) electrons. The number of unbranched alkanes of at least 4 members (excludes halogenated alkanes) is 46. The maximum atomic E-state index is 9.11. The smallest absolute Gasteiger partial charge is 0.234 e. The molecule has 11 nitrogen and oxygen atoms in total. The van der Waals surface area contributed by atoms with Crippen molar-refractivity contribution in [3.05, 3.63) is 48.5 Å². The van der Waals surface area contributed by atoms with E-state index in [-0.39, 0.29) is 17.6 Å². The summed E-state index contributed by atoms with van der Waals surface area (Å²) < 4.78 is 6.20. The van der Waals surface area contributed by atoms with Gasteiger partial charge in [0.15, 0.2) is 17.4 Å². The van der Waals surface area contributed by atoms with Crippen LogP contribution in [0.1, 0.15) is 375 Å². The van der Waals surface area contributed by atoms with Gasteiger partial charge in [0, 0.05) is 40.3 Å². The van der Waals surface area contributed by atoms with Gasteiger partial charge in [-0.05, 0) is 92.5 Å². The van der Waals surface area contributed by atoms with E-state index >= 15 is 0 Å². The standard InChI is InChI=1S/C25H56O2Si2.C23H44O2Si2.C22H42Si2.C19H44O2Si2.C17H40O3Si2.C3H5NO/c1-6-26-27-22-18-14-10-8-7-9-12-16-20-24-29(4,5)25-21-17-13-11-15-19-23-28(2)3;1-6-24-25-20-14-12-10-8-7-9-11-13-15-21-27(4,5)23-18-16-22(17-19-23)26(2)3;1-6-7-8-9-10-11-12-13-14-15-20-24(4,5)22-18-16-21(17-19-22)23(2)3;1-6-20-21-16-14-12-10-8-7-9-11-13-15-18-23(4,5)19-17-22(2)3;1-6-18-19-16-14-12-10-8-7-9-11-13-15-17-22(4,5)20-21(2)3;1-2-4-3-5/h28H,6-25H2,1-5H3;16-19,26H,6-15,20-21H2,1-5H3;16-19,23H,6-15,20H2,1-5H3;22H,6-19H2,1-5H3;21H,6-17H2,1-5H3;2H2,1H3. The molecular formula is C109H231NO10Si10. The fraction of sp³-hybridized carbons (Fsp3) is 0.881. The second-order valence-electron chi connectivity index (χ2n) is 43.7. The molecule has 0 fully saturated rings. The molecule has 0 unspecified atom stereocenters. The average molecular weight is 2000 g/mol. The van der Waals surface area contributed by atoms with Crippen molar-refractivity contribution < 1.29 is 48.0 Å². The maximum Gasteiger partial charge on any atom is 0.234 e. The van der Waals surface area contributed by atoms with Gasteiger partial charge in [-0.3, -0.25) is 0 Å². The minimum Gasteiger partial charge on any atom is -0.458 e. The topological polar surface area (TPSA) is 113 Å². The van der Waals surface area contributed by atoms with Crippen molar-refractivity contribution in [1.29, 1.82) is 0 Å². The first-order chi connectivity index (χ1) is 62.3. The second kappa shape index (κ2) is 98.8. The molecule has 0 aliphatic heterocycles. The van der Waals surface area contributed by atoms with Crippen LogP contribution in [-0.4, -0.2) is 150 Å². The van der Waals surface area contributed by atoms with Crippen LogP contribution in [0.5, 0.6) is 0 Å². The highest BCUT2D eigenvalue weighted by atomic mass is 28.4. The number of rotatable bonds is 86. The zero-order chi connectivity index (χ0) is 97.6. The molecule has 0 N–H and O–H groups in total. The number of nitrogens with zero attached hydrogens (tertiary/aromatic N) is 1. The van der Waals surface area contributed by atoms with Gasteiger partial charge in [0.05, 0.1) is 86.6 Å². The Morgan fingerprint density at radius 1 is 0.262 bits per heavy atom. The van der Waals surface area contributed by atoms with Crippen molar-refractivity contribution in [1.82, 2.24) is 0 Å². The first-order valence-electron chi connectivity index (χ1n) is 56.2. The number of carbonyl (C=O) groups excluding carboxylic acids is 1. The number of hydrogen-bond donors (Lipinski definition) is 0. The summed E-state index contributed by atoms with van der Waals surface area (Å²) in [5, 5.41) is 6.53. The van der Waals surface area contributed by atoms with E-state index in [2.05, 4.69) is 191 Å². The van der Waals surface area contributed by atoms with Crippen LogP contribution in [-0.2, 0) is 48.0 Å². The van der Waals surface area contributed by atoms with Crippen molar-refractivity contribution in [2.45, 2.75) is 561 Å². The van der Waals surface area contributed by atoms with Gasteiger partial charge in [-0.2, -0.15) is 0 Å². The van der Waals surface area contributed by atoms with Gasteiger partial charge in [0.25, 0.3) is 0 Å². The molecule has 0 spiro atoms. The summed E-state index contributed by atoms with van der Waals surface area (Å²) in [6.45, 7) is 67.7. The lowest BCUT2D eigenvalue weighted by Crippen LogP contribution is -2.42. The predicted octanol–water partition coefficient (Wildman–Crippen LogP) is 33.7. The summed E-state index contributed by atoms with van der Waals surface area (Å²) in [6, 6.07) is 33.1. The molecule has 2 rings (SSSR count). The van der Waals surface area contributed by atoms with Crippen molar-refractivity contribution >= 4 is 112 Å². The van der Waals surface area contributed by atoms with Crippen LogP contribution >= 0.6 is 0 Å². The molecule has 2 aromatic carbocycles. The summed E-state index contributed by atoms with van der Waals surface area (Å²) in [6.07, 6.45) is 73.9. The Balaban J connectivity index is -0.000000755. The molecule has 0 heterocycles. The molecule has 2 aromatic rings. The third-order valence-corrected chi connectivity index (χ3v) is 52.7. The van der Waals surface area contributed by atoms with E-state index in [1.54, 1.807) is 63.9 Å². The maximum absolute atomic E-state index is 9.11. The second-order valence-corrected chi connectivity index (χ2v) is 83.8. The van der Waals surface area contributed by atoms with Crippen LogP contribution in [0.15, 0.2) is 53.5 Å². The van der Waals surface area contributed by atoms with Crippen molar-refractivity contribution in [3.63, 3.8) is 0 Å². The summed E-state index contributed by atoms with van der Waals surface area (Å²) in [4.78, 5) is 51.9. The molecule has 0 aromatic heterocycles. The quantitative estimate of drug-likeness (QED) is 0.0158. The summed E-state index contributed by atoms with van der Waals surface area (Å²) in [7, 11) is -8.30. The zero-order valence-corrected chi connectivity index (χ0v) is 103. The predicted molar refractivity (Wildman–Crippen MR) is 612 cm³/mol. The highest BCUT2D eigenvalue weighted by Crippen LogP contribution is 2.27. The molecule has 0 aliphatic rings. The average Bonchev–Trinajstić information content (AvgIpc) is 0.842. The first-order valence-corrected chi connectivity index (χ1v) is 87.4. The molecule has 21 heteroatoms. The van der Waals surface area contributed by atoms with Crippen molar-refractivity contribution in [3.8, 4) is 0 Å². The van der Waals surface area contributed by atoms with E-state index < -0.39 is 67.2 Å². The zero-order valence-electron chi connectivity index (χ0n) is 92.5. The Labute approximate surface area is 827 Å². The van der Waals surface area contributed by atoms with E-state index in [4.69, 9.17) is 48.0 Å². The van der Waals surface area contributed by atoms with Gasteiger partial charge < -0.3 is 4.12 Å². The number of isocyanates is 1. The lowest BCUT2D eigenvalue weighted by Gasteiger charge is -2.25. The third-order valence-electron chi connectivity index (χ3n) is 25.9. The Morgan fingerprint density at radius 2 is 0.492 bits per heavy atom. The molecule has 772 valence electrons. The van der Waals surface area contributed by atoms with Crippen LogP contribution in [0.2, 0.25) is 185 Å². The van der Waals surface area contributed by atoms with Crippen LogP contribution in [0.25, 0.3) is 0 Å². The van der Waals surface area contributed by atoms with E-state index in [1.165, 1.54) is 332 Å². The van der Waals surface area contributed by atoms with E-state index in [1.807, 2.05) is 27.7 Å². The van der Waals surface area contributed by atoms with Crippen molar-refractivity contribution in [2.24, 2.45) is 4.99 Å². The third kappa shape index (κ3) is 102. The molecule has 130 heavy (non-hydrogen) atoms. The molecule has 0 saturated heterocycles. The summed E-state index contributed by atoms with van der Waals surface area (Å²) >= 11 is 0. The summed E-state index contributed by atoms with van der Waals surface area (Å²) in [5.74, 6) is 0. The lowest BCUT2D eigenvalue weighted by atomic mass is 10.1. The number of hydrogen-bond acceptors (Lipinski definition) is 11. The van der Waals surface area contributed by atoms with Gasteiger partial charge in [-0.15, -0.1) is 0 Å². The van der Waals surface area contributed by atoms with Gasteiger partial charge in [-0.25, -0.2) is 48.9 Å². The number of aliphatic imine (C=N–C) groups is 1. The largest absolute Gasteiger partial charge is 0.458 e. The highest BCUT2D eigenvalue weighted by molar-refractivity contribution is 6.90. The van der Waals surface area contributed by atoms with E-state index in [9.17, 15) is 0 Å². The highest BCUT2D eigenvalue weighted by Gasteiger charge is 2.26. The summed E-state index contributed by atoms with van der Waals surface area (Å²) in [5.41, 5.74) is 0. The fourth-order valence-electron chi connectivity index (χ4n) is 17.0. The minimum absolute atomic E-state index is 0.292. The molecule has 0 aliphatic carbocycles. The first kappa shape index (κ1) is 136. The lowest BCUT2D eigenvalue weighted by molar-refractivity contribution is -0.291. The van der Waals surface area contributed by atoms with Gasteiger partial charge in [0.1, 0.15) is 0 Å². The molecule has 0 atom stereocenters. The van der Waals surface area contributed by atoms with E-state index in [0.29, 0.717) is 33.0 Å².